The Morgan fingerprint density at radius 1 is 1.31 bits per heavy atom. The molecule has 2 heteroatoms. The first-order chi connectivity index (χ1) is 7.37. The van der Waals surface area contributed by atoms with Crippen LogP contribution in [0.3, 0.4) is 0 Å². The molecule has 0 bridgehead atoms. The molecule has 0 saturated carbocycles. The molecule has 84 valence electrons. The summed E-state index contributed by atoms with van der Waals surface area (Å²) in [6.45, 7) is 7.22. The Labute approximate surface area is 96.9 Å². The van der Waals surface area contributed by atoms with Gasteiger partial charge in [0, 0.05) is 0 Å². The second-order valence-corrected chi connectivity index (χ2v) is 4.67. The number of rotatable bonds is 3. The number of hydrogen-bond donors (Lipinski definition) is 0. The molecule has 1 rings (SSSR count). The number of carbonyl (C=O) groups excluding carboxylic acids is 1. The lowest BCUT2D eigenvalue weighted by atomic mass is 9.81. The number of ketones is 1. The van der Waals surface area contributed by atoms with Gasteiger partial charge in [-0.3, -0.25) is 4.79 Å². The molecule has 16 heavy (non-hydrogen) atoms. The van der Waals surface area contributed by atoms with Crippen LogP contribution in [-0.4, -0.2) is 5.78 Å². The second kappa shape index (κ2) is 4.49. The predicted octanol–water partition coefficient (Wildman–Crippen LogP) is 2.96. The second-order valence-electron chi connectivity index (χ2n) is 4.67. The Morgan fingerprint density at radius 3 is 2.19 bits per heavy atom. The third kappa shape index (κ3) is 2.70. The summed E-state index contributed by atoms with van der Waals surface area (Å²) in [6, 6.07) is 8.27. The molecule has 1 aromatic carbocycles. The van der Waals surface area contributed by atoms with Crippen molar-refractivity contribution in [2.45, 2.75) is 34.1 Å². The molecule has 0 radical (unpaired) electrons. The highest BCUT2D eigenvalue weighted by Gasteiger charge is 2.29. The van der Waals surface area contributed by atoms with E-state index in [9.17, 15) is 4.79 Å². The summed E-state index contributed by atoms with van der Waals surface area (Å²) in [5, 5.41) is 9.08. The van der Waals surface area contributed by atoms with Crippen LogP contribution in [0.1, 0.15) is 30.5 Å². The lowest BCUT2D eigenvalue weighted by molar-refractivity contribution is -0.123. The van der Waals surface area contributed by atoms with Gasteiger partial charge in [-0.2, -0.15) is 5.26 Å². The predicted molar refractivity (Wildman–Crippen MR) is 64.0 cm³/mol. The fourth-order valence-electron chi connectivity index (χ4n) is 1.82. The molecule has 1 unspecified atom stereocenters. The van der Waals surface area contributed by atoms with E-state index in [0.717, 1.165) is 5.56 Å². The van der Waals surface area contributed by atoms with E-state index in [1.54, 1.807) is 6.92 Å². The monoisotopic (exact) mass is 215 g/mol. The van der Waals surface area contributed by atoms with Crippen LogP contribution in [0.5, 0.6) is 0 Å². The average Bonchev–Trinajstić information content (AvgIpc) is 2.15. The van der Waals surface area contributed by atoms with Crippen molar-refractivity contribution in [3.8, 4) is 6.07 Å². The summed E-state index contributed by atoms with van der Waals surface area (Å²) < 4.78 is 0. The number of carbonyl (C=O) groups is 1. The van der Waals surface area contributed by atoms with Gasteiger partial charge in [0.05, 0.1) is 6.07 Å². The van der Waals surface area contributed by atoms with Gasteiger partial charge in [-0.15, -0.1) is 0 Å². The maximum Gasteiger partial charge on any atom is 0.150 e. The molecule has 0 aromatic heterocycles. The van der Waals surface area contributed by atoms with Gasteiger partial charge in [0.15, 0.2) is 0 Å². The van der Waals surface area contributed by atoms with Crippen LogP contribution in [0, 0.1) is 30.6 Å². The van der Waals surface area contributed by atoms with Gasteiger partial charge in [-0.1, -0.05) is 29.3 Å². The highest BCUT2D eigenvalue weighted by molar-refractivity contribution is 5.85. The molecule has 0 N–H and O–H groups in total. The van der Waals surface area contributed by atoms with Crippen molar-refractivity contribution < 1.29 is 4.79 Å². The number of nitriles is 1. The van der Waals surface area contributed by atoms with Crippen LogP contribution in [0.15, 0.2) is 18.2 Å². The standard InChI is InChI=1S/C14H17NO/c1-10-5-11(2)7-13(6-10)8-14(4,9-15)12(3)16/h5-7H,8H2,1-4H3. The number of hydrogen-bond acceptors (Lipinski definition) is 2. The minimum Gasteiger partial charge on any atom is -0.298 e. The quantitative estimate of drug-likeness (QED) is 0.777. The smallest absolute Gasteiger partial charge is 0.150 e. The number of nitrogens with zero attached hydrogens (tertiary/aromatic N) is 1. The molecule has 0 aliphatic rings. The molecule has 2 nitrogen and oxygen atoms in total. The van der Waals surface area contributed by atoms with Gasteiger partial charge in [0.1, 0.15) is 11.2 Å². The Bertz CT molecular complexity index is 436. The summed E-state index contributed by atoms with van der Waals surface area (Å²) in [4.78, 5) is 11.4. The van der Waals surface area contributed by atoms with Gasteiger partial charge < -0.3 is 0 Å². The fraction of sp³-hybridized carbons (Fsp3) is 0.429. The van der Waals surface area contributed by atoms with Gasteiger partial charge in [-0.05, 0) is 39.7 Å². The van der Waals surface area contributed by atoms with Crippen LogP contribution in [0.4, 0.5) is 0 Å². The summed E-state index contributed by atoms with van der Waals surface area (Å²) in [5.41, 5.74) is 2.48. The SMILES string of the molecule is CC(=O)C(C)(C#N)Cc1cc(C)cc(C)c1. The molecule has 0 fully saturated rings. The first-order valence-electron chi connectivity index (χ1n) is 5.37. The first-order valence-corrected chi connectivity index (χ1v) is 5.37. The zero-order valence-electron chi connectivity index (χ0n) is 10.3. The Hall–Kier alpha value is -1.62. The lowest BCUT2D eigenvalue weighted by Gasteiger charge is -2.18. The molecule has 0 amide bonds. The fourth-order valence-corrected chi connectivity index (χ4v) is 1.82. The van der Waals surface area contributed by atoms with Crippen LogP contribution >= 0.6 is 0 Å². The third-order valence-electron chi connectivity index (χ3n) is 2.86. The van der Waals surface area contributed by atoms with Crippen molar-refractivity contribution in [3.05, 3.63) is 34.9 Å². The van der Waals surface area contributed by atoms with E-state index in [-0.39, 0.29) is 5.78 Å². The molecule has 1 atom stereocenters. The van der Waals surface area contributed by atoms with Crippen molar-refractivity contribution >= 4 is 5.78 Å². The Kier molecular flexibility index (Phi) is 3.49. The topological polar surface area (TPSA) is 40.9 Å². The van der Waals surface area contributed by atoms with Crippen molar-refractivity contribution in [2.75, 3.05) is 0 Å². The molecule has 0 aliphatic carbocycles. The van der Waals surface area contributed by atoms with E-state index in [0.29, 0.717) is 6.42 Å². The molecule has 0 spiro atoms. The normalized spacial score (nSPS) is 13.9. The number of aryl methyl sites for hydroxylation is 2. The first kappa shape index (κ1) is 12.4. The molecule has 0 heterocycles. The van der Waals surface area contributed by atoms with Gasteiger partial charge in [0.25, 0.3) is 0 Å². The summed E-state index contributed by atoms with van der Waals surface area (Å²) >= 11 is 0. The molecule has 0 saturated heterocycles. The van der Waals surface area contributed by atoms with E-state index >= 15 is 0 Å². The van der Waals surface area contributed by atoms with Crippen molar-refractivity contribution in [3.63, 3.8) is 0 Å². The summed E-state index contributed by atoms with van der Waals surface area (Å²) in [7, 11) is 0. The maximum atomic E-state index is 11.4. The molecular formula is C14H17NO. The van der Waals surface area contributed by atoms with Crippen LogP contribution in [0.2, 0.25) is 0 Å². The van der Waals surface area contributed by atoms with Crippen molar-refractivity contribution in [1.29, 1.82) is 5.26 Å². The lowest BCUT2D eigenvalue weighted by Crippen LogP contribution is -2.26. The van der Waals surface area contributed by atoms with Crippen LogP contribution < -0.4 is 0 Å². The molecule has 0 aliphatic heterocycles. The van der Waals surface area contributed by atoms with Gasteiger partial charge >= 0.3 is 0 Å². The van der Waals surface area contributed by atoms with E-state index in [1.807, 2.05) is 26.0 Å². The zero-order valence-corrected chi connectivity index (χ0v) is 10.3. The molecule has 1 aromatic rings. The van der Waals surface area contributed by atoms with Gasteiger partial charge in [0.2, 0.25) is 0 Å². The largest absolute Gasteiger partial charge is 0.298 e. The van der Waals surface area contributed by atoms with E-state index in [2.05, 4.69) is 12.1 Å². The minimum atomic E-state index is -0.903. The maximum absolute atomic E-state index is 11.4. The highest BCUT2D eigenvalue weighted by atomic mass is 16.1. The number of Topliss-reactive ketones (excluding diaryl/α,β-unsaturated/α-hetero) is 1. The average molecular weight is 215 g/mol. The summed E-state index contributed by atoms with van der Waals surface area (Å²) in [6.07, 6.45) is 0.487. The number of benzene rings is 1. The van der Waals surface area contributed by atoms with E-state index in [4.69, 9.17) is 5.26 Å². The Balaban J connectivity index is 3.05. The van der Waals surface area contributed by atoms with E-state index in [1.165, 1.54) is 18.1 Å². The van der Waals surface area contributed by atoms with Crippen molar-refractivity contribution in [1.82, 2.24) is 0 Å². The summed E-state index contributed by atoms with van der Waals surface area (Å²) in [5.74, 6) is -0.0749. The van der Waals surface area contributed by atoms with Crippen molar-refractivity contribution in [2.24, 2.45) is 5.41 Å². The van der Waals surface area contributed by atoms with E-state index < -0.39 is 5.41 Å². The van der Waals surface area contributed by atoms with Gasteiger partial charge in [-0.25, -0.2) is 0 Å². The third-order valence-corrected chi connectivity index (χ3v) is 2.86. The Morgan fingerprint density at radius 2 is 1.81 bits per heavy atom. The highest BCUT2D eigenvalue weighted by Crippen LogP contribution is 2.24. The zero-order chi connectivity index (χ0) is 12.3. The van der Waals surface area contributed by atoms with Crippen LogP contribution in [-0.2, 0) is 11.2 Å². The molecular weight excluding hydrogens is 198 g/mol. The van der Waals surface area contributed by atoms with Crippen LogP contribution in [0.25, 0.3) is 0 Å². The minimum absolute atomic E-state index is 0.0749.